The van der Waals surface area contributed by atoms with Gasteiger partial charge in [0, 0.05) is 0 Å². The molecule has 0 saturated carbocycles. The maximum atomic E-state index is 12.7. The predicted molar refractivity (Wildman–Crippen MR) is 110 cm³/mol. The molecule has 0 heterocycles. The van der Waals surface area contributed by atoms with Crippen molar-refractivity contribution in [2.75, 3.05) is 7.11 Å². The second-order valence-electron chi connectivity index (χ2n) is 7.39. The summed E-state index contributed by atoms with van der Waals surface area (Å²) in [6, 6.07) is 14.7. The number of carbonyl (C=O) groups is 2. The van der Waals surface area contributed by atoms with Gasteiger partial charge in [-0.2, -0.15) is 0 Å². The molecule has 2 N–H and O–H groups in total. The van der Waals surface area contributed by atoms with E-state index in [2.05, 4.69) is 5.32 Å². The van der Waals surface area contributed by atoms with Crippen LogP contribution in [0.3, 0.4) is 0 Å². The molecule has 0 aliphatic heterocycles. The zero-order chi connectivity index (χ0) is 21.2. The van der Waals surface area contributed by atoms with Crippen molar-refractivity contribution in [2.24, 2.45) is 5.92 Å². The van der Waals surface area contributed by atoms with Gasteiger partial charge in [0.15, 0.2) is 0 Å². The molecule has 0 unspecified atom stereocenters. The van der Waals surface area contributed by atoms with Gasteiger partial charge in [0.1, 0.15) is 24.4 Å². The Morgan fingerprint density at radius 3 is 2.28 bits per heavy atom. The Morgan fingerprint density at radius 2 is 1.66 bits per heavy atom. The van der Waals surface area contributed by atoms with Gasteiger partial charge in [-0.25, -0.2) is 0 Å². The number of hydrogen-bond acceptors (Lipinski definition) is 6. The summed E-state index contributed by atoms with van der Waals surface area (Å²) in [5, 5.41) is 12.8. The lowest BCUT2D eigenvalue weighted by Gasteiger charge is -2.24. The van der Waals surface area contributed by atoms with E-state index in [4.69, 9.17) is 9.47 Å². The number of methoxy groups -OCH3 is 1. The Kier molecular flexibility index (Phi) is 8.68. The standard InChI is InChI=1S/C23H29NO5/c1-16(2)12-20(23(27)29-15-17-8-5-4-6-9-17)24-21(22(26)28-3)14-18-10-7-11-19(25)13-18/h4-11,13,16,20-21,24-25H,12,14-15H2,1-3H3/t20-,21-/m0/s1. The largest absolute Gasteiger partial charge is 0.508 e. The first kappa shape index (κ1) is 22.4. The summed E-state index contributed by atoms with van der Waals surface area (Å²) in [6.45, 7) is 4.18. The number of hydrogen-bond donors (Lipinski definition) is 2. The molecule has 0 spiro atoms. The molecule has 29 heavy (non-hydrogen) atoms. The van der Waals surface area contributed by atoms with Crippen molar-refractivity contribution in [2.45, 2.75) is 45.4 Å². The summed E-state index contributed by atoms with van der Waals surface area (Å²) in [6.07, 6.45) is 0.794. The van der Waals surface area contributed by atoms with E-state index in [-0.39, 0.29) is 24.7 Å². The molecule has 0 radical (unpaired) electrons. The summed E-state index contributed by atoms with van der Waals surface area (Å²) in [5.41, 5.74) is 1.65. The fraction of sp³-hybridized carbons (Fsp3) is 0.391. The van der Waals surface area contributed by atoms with Crippen LogP contribution in [0.15, 0.2) is 54.6 Å². The second kappa shape index (κ2) is 11.2. The van der Waals surface area contributed by atoms with Gasteiger partial charge in [-0.05, 0) is 42.0 Å². The lowest BCUT2D eigenvalue weighted by atomic mass is 10.0. The van der Waals surface area contributed by atoms with Crippen LogP contribution in [0.1, 0.15) is 31.4 Å². The molecular weight excluding hydrogens is 370 g/mol. The number of benzene rings is 2. The number of nitrogens with one attached hydrogen (secondary N) is 1. The molecule has 0 saturated heterocycles. The fourth-order valence-electron chi connectivity index (χ4n) is 3.05. The highest BCUT2D eigenvalue weighted by atomic mass is 16.5. The SMILES string of the molecule is COC(=O)[C@H](Cc1cccc(O)c1)N[C@@H](CC(C)C)C(=O)OCc1ccccc1. The third kappa shape index (κ3) is 7.58. The lowest BCUT2D eigenvalue weighted by molar-refractivity contribution is -0.149. The molecular formula is C23H29NO5. The first-order chi connectivity index (χ1) is 13.9. The van der Waals surface area contributed by atoms with Crippen molar-refractivity contribution < 1.29 is 24.2 Å². The molecule has 0 aliphatic rings. The summed E-state index contributed by atoms with van der Waals surface area (Å²) in [4.78, 5) is 25.1. The highest BCUT2D eigenvalue weighted by Crippen LogP contribution is 2.15. The van der Waals surface area contributed by atoms with E-state index >= 15 is 0 Å². The van der Waals surface area contributed by atoms with Crippen LogP contribution < -0.4 is 5.32 Å². The second-order valence-corrected chi connectivity index (χ2v) is 7.39. The zero-order valence-electron chi connectivity index (χ0n) is 17.1. The molecule has 0 bridgehead atoms. The molecule has 0 amide bonds. The molecule has 6 heteroatoms. The van der Waals surface area contributed by atoms with Crippen LogP contribution in [-0.2, 0) is 32.1 Å². The summed E-state index contributed by atoms with van der Waals surface area (Å²) in [5.74, 6) is -0.548. The van der Waals surface area contributed by atoms with Gasteiger partial charge in [0.2, 0.25) is 0 Å². The monoisotopic (exact) mass is 399 g/mol. The van der Waals surface area contributed by atoms with Crippen LogP contribution in [0.4, 0.5) is 0 Å². The van der Waals surface area contributed by atoms with Crippen molar-refractivity contribution in [3.63, 3.8) is 0 Å². The molecule has 156 valence electrons. The number of aromatic hydroxyl groups is 1. The van der Waals surface area contributed by atoms with E-state index < -0.39 is 24.0 Å². The molecule has 2 aromatic carbocycles. The molecule has 0 aromatic heterocycles. The average Bonchev–Trinajstić information content (AvgIpc) is 2.70. The average molecular weight is 399 g/mol. The quantitative estimate of drug-likeness (QED) is 0.597. The number of carbonyl (C=O) groups excluding carboxylic acids is 2. The smallest absolute Gasteiger partial charge is 0.323 e. The van der Waals surface area contributed by atoms with E-state index in [1.54, 1.807) is 18.2 Å². The number of esters is 2. The Balaban J connectivity index is 2.10. The number of phenolic OH excluding ortho intramolecular Hbond substituents is 1. The van der Waals surface area contributed by atoms with E-state index in [0.29, 0.717) is 6.42 Å². The number of ether oxygens (including phenoxy) is 2. The van der Waals surface area contributed by atoms with Crippen LogP contribution >= 0.6 is 0 Å². The van der Waals surface area contributed by atoms with Gasteiger partial charge < -0.3 is 14.6 Å². The Morgan fingerprint density at radius 1 is 0.966 bits per heavy atom. The topological polar surface area (TPSA) is 84.9 Å². The summed E-state index contributed by atoms with van der Waals surface area (Å²) < 4.78 is 10.4. The van der Waals surface area contributed by atoms with E-state index in [1.165, 1.54) is 7.11 Å². The molecule has 2 aromatic rings. The third-order valence-corrected chi connectivity index (χ3v) is 4.45. The Bertz CT molecular complexity index is 791. The highest BCUT2D eigenvalue weighted by molar-refractivity contribution is 5.80. The van der Waals surface area contributed by atoms with Crippen molar-refractivity contribution in [3.05, 3.63) is 65.7 Å². The predicted octanol–water partition coefficient (Wildman–Crippen LogP) is 3.22. The van der Waals surface area contributed by atoms with Crippen molar-refractivity contribution in [1.82, 2.24) is 5.32 Å². The summed E-state index contributed by atoms with van der Waals surface area (Å²) in [7, 11) is 1.31. The summed E-state index contributed by atoms with van der Waals surface area (Å²) >= 11 is 0. The minimum atomic E-state index is -0.741. The Hall–Kier alpha value is -2.86. The van der Waals surface area contributed by atoms with Crippen molar-refractivity contribution >= 4 is 11.9 Å². The van der Waals surface area contributed by atoms with E-state index in [0.717, 1.165) is 11.1 Å². The molecule has 0 aliphatic carbocycles. The lowest BCUT2D eigenvalue weighted by Crippen LogP contribution is -2.49. The van der Waals surface area contributed by atoms with Gasteiger partial charge >= 0.3 is 11.9 Å². The minimum Gasteiger partial charge on any atom is -0.508 e. The molecule has 0 fully saturated rings. The van der Waals surface area contributed by atoms with E-state index in [9.17, 15) is 14.7 Å². The fourth-order valence-corrected chi connectivity index (χ4v) is 3.05. The highest BCUT2D eigenvalue weighted by Gasteiger charge is 2.29. The van der Waals surface area contributed by atoms with Gasteiger partial charge in [-0.3, -0.25) is 14.9 Å². The maximum absolute atomic E-state index is 12.7. The van der Waals surface area contributed by atoms with Crippen LogP contribution in [0, 0.1) is 5.92 Å². The van der Waals surface area contributed by atoms with E-state index in [1.807, 2.05) is 50.2 Å². The van der Waals surface area contributed by atoms with Crippen LogP contribution in [0.2, 0.25) is 0 Å². The number of rotatable bonds is 10. The van der Waals surface area contributed by atoms with Crippen molar-refractivity contribution in [1.29, 1.82) is 0 Å². The van der Waals surface area contributed by atoms with Gasteiger partial charge in [-0.15, -0.1) is 0 Å². The van der Waals surface area contributed by atoms with Gasteiger partial charge in [-0.1, -0.05) is 56.3 Å². The first-order valence-corrected chi connectivity index (χ1v) is 9.71. The molecule has 2 rings (SSSR count). The maximum Gasteiger partial charge on any atom is 0.323 e. The Labute approximate surface area is 171 Å². The van der Waals surface area contributed by atoms with Crippen LogP contribution in [0.25, 0.3) is 0 Å². The first-order valence-electron chi connectivity index (χ1n) is 9.71. The molecule has 2 atom stereocenters. The normalized spacial score (nSPS) is 13.0. The van der Waals surface area contributed by atoms with Crippen molar-refractivity contribution in [3.8, 4) is 5.75 Å². The van der Waals surface area contributed by atoms with Gasteiger partial charge in [0.05, 0.1) is 7.11 Å². The third-order valence-electron chi connectivity index (χ3n) is 4.45. The van der Waals surface area contributed by atoms with Crippen LogP contribution in [-0.4, -0.2) is 36.2 Å². The molecule has 6 nitrogen and oxygen atoms in total. The van der Waals surface area contributed by atoms with Gasteiger partial charge in [0.25, 0.3) is 0 Å². The minimum absolute atomic E-state index is 0.118. The zero-order valence-corrected chi connectivity index (χ0v) is 17.1. The van der Waals surface area contributed by atoms with Crippen LogP contribution in [0.5, 0.6) is 5.75 Å². The number of phenols is 1.